The van der Waals surface area contributed by atoms with Crippen molar-refractivity contribution < 1.29 is 10.1 Å². The molecule has 1 aromatic rings. The molecule has 14 heavy (non-hydrogen) atoms. The van der Waals surface area contributed by atoms with Gasteiger partial charge in [0, 0.05) is 5.02 Å². The minimum atomic E-state index is 0.745. The third kappa shape index (κ3) is 3.56. The zero-order valence-corrected chi connectivity index (χ0v) is 9.47. The highest BCUT2D eigenvalue weighted by Crippen LogP contribution is 2.20. The van der Waals surface area contributed by atoms with Crippen LogP contribution in [-0.4, -0.2) is 19.7 Å². The van der Waals surface area contributed by atoms with Crippen molar-refractivity contribution in [2.75, 3.05) is 19.7 Å². The van der Waals surface area contributed by atoms with Gasteiger partial charge in [-0.25, -0.2) is 0 Å². The van der Waals surface area contributed by atoms with Crippen molar-refractivity contribution >= 4 is 11.6 Å². The summed E-state index contributed by atoms with van der Waals surface area (Å²) in [5, 5.41) is 3.00. The van der Waals surface area contributed by atoms with Crippen molar-refractivity contribution in [3.8, 4) is 5.75 Å². The summed E-state index contributed by atoms with van der Waals surface area (Å²) in [4.78, 5) is 0. The smallest absolute Gasteiger partial charge is 0.137 e. The van der Waals surface area contributed by atoms with Crippen molar-refractivity contribution in [2.24, 2.45) is 0 Å². The van der Waals surface area contributed by atoms with Crippen LogP contribution >= 0.6 is 11.6 Å². The summed E-state index contributed by atoms with van der Waals surface area (Å²) in [6.07, 6.45) is 0. The van der Waals surface area contributed by atoms with Gasteiger partial charge in [0.1, 0.15) is 18.9 Å². The molecule has 0 spiro atoms. The van der Waals surface area contributed by atoms with E-state index in [1.807, 2.05) is 25.1 Å². The second-order valence-electron chi connectivity index (χ2n) is 3.25. The van der Waals surface area contributed by atoms with Crippen molar-refractivity contribution in [3.05, 3.63) is 28.8 Å². The topological polar surface area (TPSA) is 25.8 Å². The molecule has 2 N–H and O–H groups in total. The van der Waals surface area contributed by atoms with E-state index in [-0.39, 0.29) is 0 Å². The van der Waals surface area contributed by atoms with Gasteiger partial charge < -0.3 is 10.1 Å². The first-order valence-electron chi connectivity index (χ1n) is 4.94. The number of halogens is 1. The highest BCUT2D eigenvalue weighted by atomic mass is 35.5. The predicted octanol–water partition coefficient (Wildman–Crippen LogP) is 1.61. The van der Waals surface area contributed by atoms with E-state index >= 15 is 0 Å². The van der Waals surface area contributed by atoms with Crippen LogP contribution < -0.4 is 10.1 Å². The highest BCUT2D eigenvalue weighted by molar-refractivity contribution is 6.31. The minimum absolute atomic E-state index is 0.745. The fourth-order valence-corrected chi connectivity index (χ4v) is 1.29. The third-order valence-corrected chi connectivity index (χ3v) is 2.43. The van der Waals surface area contributed by atoms with Crippen molar-refractivity contribution in [2.45, 2.75) is 13.8 Å². The van der Waals surface area contributed by atoms with Crippen LogP contribution in [0.2, 0.25) is 5.02 Å². The SMILES string of the molecule is CC[NH2+]CCOc1ccc(Cl)c(C)c1. The molecule has 78 valence electrons. The fourth-order valence-electron chi connectivity index (χ4n) is 1.17. The third-order valence-electron chi connectivity index (χ3n) is 2.01. The maximum absolute atomic E-state index is 5.90. The summed E-state index contributed by atoms with van der Waals surface area (Å²) in [7, 11) is 0. The molecule has 0 fully saturated rings. The molecule has 0 aliphatic carbocycles. The lowest BCUT2D eigenvalue weighted by molar-refractivity contribution is -0.652. The molecule has 1 rings (SSSR count). The van der Waals surface area contributed by atoms with E-state index in [4.69, 9.17) is 16.3 Å². The number of quaternary nitrogens is 1. The fraction of sp³-hybridized carbons (Fsp3) is 0.455. The van der Waals surface area contributed by atoms with Crippen LogP contribution in [0.25, 0.3) is 0 Å². The number of hydrogen-bond acceptors (Lipinski definition) is 1. The lowest BCUT2D eigenvalue weighted by Crippen LogP contribution is -2.84. The number of rotatable bonds is 5. The second kappa shape index (κ2) is 5.89. The summed E-state index contributed by atoms with van der Waals surface area (Å²) in [5.74, 6) is 0.899. The monoisotopic (exact) mass is 214 g/mol. The van der Waals surface area contributed by atoms with E-state index in [0.29, 0.717) is 0 Å². The number of benzene rings is 1. The van der Waals surface area contributed by atoms with Gasteiger partial charge in [0.05, 0.1) is 6.54 Å². The van der Waals surface area contributed by atoms with Gasteiger partial charge in [0.2, 0.25) is 0 Å². The molecule has 0 amide bonds. The van der Waals surface area contributed by atoms with Crippen LogP contribution in [0.15, 0.2) is 18.2 Å². The molecule has 1 aromatic carbocycles. The van der Waals surface area contributed by atoms with Crippen LogP contribution in [0.3, 0.4) is 0 Å². The number of aryl methyl sites for hydroxylation is 1. The summed E-state index contributed by atoms with van der Waals surface area (Å²) in [5.41, 5.74) is 1.06. The van der Waals surface area contributed by atoms with E-state index in [0.717, 1.165) is 36.0 Å². The van der Waals surface area contributed by atoms with Crippen molar-refractivity contribution in [3.63, 3.8) is 0 Å². The zero-order valence-electron chi connectivity index (χ0n) is 8.72. The van der Waals surface area contributed by atoms with Gasteiger partial charge in [-0.05, 0) is 37.6 Å². The van der Waals surface area contributed by atoms with Gasteiger partial charge in [0.25, 0.3) is 0 Å². The summed E-state index contributed by atoms with van der Waals surface area (Å²) in [6, 6.07) is 5.74. The van der Waals surface area contributed by atoms with Gasteiger partial charge in [-0.3, -0.25) is 0 Å². The van der Waals surface area contributed by atoms with Crippen molar-refractivity contribution in [1.82, 2.24) is 0 Å². The quantitative estimate of drug-likeness (QED) is 0.741. The Bertz CT molecular complexity index is 289. The van der Waals surface area contributed by atoms with Crippen molar-refractivity contribution in [1.29, 1.82) is 0 Å². The molecule has 0 aliphatic rings. The maximum atomic E-state index is 5.90. The summed E-state index contributed by atoms with van der Waals surface area (Å²) >= 11 is 5.90. The van der Waals surface area contributed by atoms with E-state index in [1.54, 1.807) is 0 Å². The van der Waals surface area contributed by atoms with E-state index in [9.17, 15) is 0 Å². The molecule has 0 bridgehead atoms. The normalized spacial score (nSPS) is 10.2. The van der Waals surface area contributed by atoms with Gasteiger partial charge in [-0.2, -0.15) is 0 Å². The van der Waals surface area contributed by atoms with Gasteiger partial charge in [-0.15, -0.1) is 0 Å². The Morgan fingerprint density at radius 2 is 2.21 bits per heavy atom. The predicted molar refractivity (Wildman–Crippen MR) is 59.0 cm³/mol. The largest absolute Gasteiger partial charge is 0.488 e. The molecule has 0 saturated carbocycles. The molecule has 0 unspecified atom stereocenters. The molecule has 0 heterocycles. The minimum Gasteiger partial charge on any atom is -0.488 e. The average Bonchev–Trinajstić information content (AvgIpc) is 2.18. The van der Waals surface area contributed by atoms with Crippen LogP contribution in [0, 0.1) is 6.92 Å². The van der Waals surface area contributed by atoms with Gasteiger partial charge in [0.15, 0.2) is 0 Å². The Hall–Kier alpha value is -0.730. The van der Waals surface area contributed by atoms with E-state index in [2.05, 4.69) is 12.2 Å². The molecule has 0 saturated heterocycles. The second-order valence-corrected chi connectivity index (χ2v) is 3.65. The van der Waals surface area contributed by atoms with Gasteiger partial charge >= 0.3 is 0 Å². The molecule has 0 radical (unpaired) electrons. The Morgan fingerprint density at radius 3 is 2.86 bits per heavy atom. The zero-order chi connectivity index (χ0) is 10.4. The molecular weight excluding hydrogens is 198 g/mol. The maximum Gasteiger partial charge on any atom is 0.137 e. The number of likely N-dealkylation sites (N-methyl/N-ethyl adjacent to an activating group) is 1. The molecule has 0 atom stereocenters. The van der Waals surface area contributed by atoms with E-state index < -0.39 is 0 Å². The first kappa shape index (κ1) is 11.3. The first-order chi connectivity index (χ1) is 6.74. The summed E-state index contributed by atoms with van der Waals surface area (Å²) in [6.45, 7) is 6.95. The lowest BCUT2D eigenvalue weighted by atomic mass is 10.2. The standard InChI is InChI=1S/C11H16ClNO/c1-3-13-6-7-14-10-4-5-11(12)9(2)8-10/h4-5,8,13H,3,6-7H2,1-2H3/p+1. The summed E-state index contributed by atoms with van der Waals surface area (Å²) < 4.78 is 5.55. The molecular formula is C11H17ClNO+. The molecule has 0 aromatic heterocycles. The Labute approximate surface area is 90.2 Å². The Kier molecular flexibility index (Phi) is 4.77. The van der Waals surface area contributed by atoms with Crippen LogP contribution in [-0.2, 0) is 0 Å². The van der Waals surface area contributed by atoms with Crippen LogP contribution in [0.5, 0.6) is 5.75 Å². The number of nitrogens with two attached hydrogens (primary N) is 1. The van der Waals surface area contributed by atoms with Gasteiger partial charge in [-0.1, -0.05) is 11.6 Å². The Balaban J connectivity index is 2.39. The highest BCUT2D eigenvalue weighted by Gasteiger charge is 1.98. The van der Waals surface area contributed by atoms with Crippen LogP contribution in [0.4, 0.5) is 0 Å². The van der Waals surface area contributed by atoms with Crippen LogP contribution in [0.1, 0.15) is 12.5 Å². The first-order valence-corrected chi connectivity index (χ1v) is 5.32. The molecule has 3 heteroatoms. The average molecular weight is 215 g/mol. The Morgan fingerprint density at radius 1 is 1.43 bits per heavy atom. The molecule has 2 nitrogen and oxygen atoms in total. The lowest BCUT2D eigenvalue weighted by Gasteiger charge is -2.06. The number of hydrogen-bond donors (Lipinski definition) is 1. The molecule has 0 aliphatic heterocycles. The number of ether oxygens (including phenoxy) is 1. The van der Waals surface area contributed by atoms with E-state index in [1.165, 1.54) is 0 Å².